The summed E-state index contributed by atoms with van der Waals surface area (Å²) in [6.07, 6.45) is 3.41. The molecule has 1 fully saturated rings. The first-order valence-electron chi connectivity index (χ1n) is 8.96. The highest BCUT2D eigenvalue weighted by Gasteiger charge is 2.23. The minimum absolute atomic E-state index is 0.0689. The summed E-state index contributed by atoms with van der Waals surface area (Å²) in [6, 6.07) is 11.9. The van der Waals surface area contributed by atoms with Crippen molar-refractivity contribution in [2.45, 2.75) is 24.2 Å². The SMILES string of the molecule is O=C1COc2ccc(S(=O)(=O)Nc3ccccc3N3CCCCC3)cc2N1. The van der Waals surface area contributed by atoms with E-state index >= 15 is 0 Å². The van der Waals surface area contributed by atoms with Crippen LogP contribution >= 0.6 is 0 Å². The first-order valence-corrected chi connectivity index (χ1v) is 10.4. The normalized spacial score (nSPS) is 16.9. The Morgan fingerprint density at radius 1 is 1.04 bits per heavy atom. The van der Waals surface area contributed by atoms with Crippen molar-refractivity contribution in [2.75, 3.05) is 34.6 Å². The summed E-state index contributed by atoms with van der Waals surface area (Å²) in [5.74, 6) is 0.155. The molecular weight excluding hydrogens is 366 g/mol. The van der Waals surface area contributed by atoms with Gasteiger partial charge in [0.05, 0.1) is 22.0 Å². The average Bonchev–Trinajstić information content (AvgIpc) is 2.68. The minimum atomic E-state index is -3.81. The van der Waals surface area contributed by atoms with Gasteiger partial charge in [0, 0.05) is 13.1 Å². The number of amides is 1. The van der Waals surface area contributed by atoms with E-state index in [0.29, 0.717) is 17.1 Å². The van der Waals surface area contributed by atoms with Crippen molar-refractivity contribution in [3.8, 4) is 5.75 Å². The average molecular weight is 387 g/mol. The number of carbonyl (C=O) groups is 1. The predicted octanol–water partition coefficient (Wildman–Crippen LogP) is 2.81. The molecule has 7 nitrogen and oxygen atoms in total. The Labute approximate surface area is 158 Å². The molecule has 0 unspecified atom stereocenters. The van der Waals surface area contributed by atoms with Gasteiger partial charge in [-0.2, -0.15) is 0 Å². The third-order valence-corrected chi connectivity index (χ3v) is 6.10. The molecule has 2 aromatic carbocycles. The maximum absolute atomic E-state index is 12.9. The largest absolute Gasteiger partial charge is 0.482 e. The Bertz CT molecular complexity index is 969. The number of anilines is 3. The number of carbonyl (C=O) groups excluding carboxylic acids is 1. The third-order valence-electron chi connectivity index (χ3n) is 4.74. The monoisotopic (exact) mass is 387 g/mol. The van der Waals surface area contributed by atoms with Crippen LogP contribution in [-0.4, -0.2) is 34.0 Å². The van der Waals surface area contributed by atoms with Crippen LogP contribution in [0.1, 0.15) is 19.3 Å². The number of hydrogen-bond donors (Lipinski definition) is 2. The Morgan fingerprint density at radius 2 is 1.81 bits per heavy atom. The summed E-state index contributed by atoms with van der Waals surface area (Å²) < 4.78 is 33.8. The van der Waals surface area contributed by atoms with Crippen molar-refractivity contribution in [3.05, 3.63) is 42.5 Å². The van der Waals surface area contributed by atoms with Gasteiger partial charge in [-0.1, -0.05) is 12.1 Å². The second kappa shape index (κ2) is 7.11. The van der Waals surface area contributed by atoms with Crippen LogP contribution in [0.25, 0.3) is 0 Å². The van der Waals surface area contributed by atoms with Gasteiger partial charge >= 0.3 is 0 Å². The van der Waals surface area contributed by atoms with Gasteiger partial charge in [0.1, 0.15) is 5.75 Å². The molecule has 2 heterocycles. The fourth-order valence-corrected chi connectivity index (χ4v) is 4.50. The molecule has 0 atom stereocenters. The lowest BCUT2D eigenvalue weighted by molar-refractivity contribution is -0.118. The molecule has 8 heteroatoms. The van der Waals surface area contributed by atoms with Gasteiger partial charge in [-0.15, -0.1) is 0 Å². The topological polar surface area (TPSA) is 87.7 Å². The summed E-state index contributed by atoms with van der Waals surface area (Å²) in [6.45, 7) is 1.77. The molecule has 0 saturated carbocycles. The first-order chi connectivity index (χ1) is 13.0. The predicted molar refractivity (Wildman–Crippen MR) is 104 cm³/mol. The molecule has 27 heavy (non-hydrogen) atoms. The molecule has 0 aliphatic carbocycles. The summed E-state index contributed by atoms with van der Waals surface area (Å²) >= 11 is 0. The smallest absolute Gasteiger partial charge is 0.262 e. The maximum atomic E-state index is 12.9. The molecule has 2 aliphatic heterocycles. The van der Waals surface area contributed by atoms with Crippen LogP contribution in [0.5, 0.6) is 5.75 Å². The van der Waals surface area contributed by atoms with Gasteiger partial charge < -0.3 is 15.0 Å². The van der Waals surface area contributed by atoms with Gasteiger partial charge in [0.2, 0.25) is 0 Å². The highest BCUT2D eigenvalue weighted by atomic mass is 32.2. The molecule has 0 aromatic heterocycles. The number of ether oxygens (including phenoxy) is 1. The Kier molecular flexibility index (Phi) is 4.65. The zero-order valence-electron chi connectivity index (χ0n) is 14.8. The van der Waals surface area contributed by atoms with E-state index in [9.17, 15) is 13.2 Å². The van der Waals surface area contributed by atoms with Gasteiger partial charge in [-0.05, 0) is 49.6 Å². The van der Waals surface area contributed by atoms with E-state index in [4.69, 9.17) is 4.74 Å². The van der Waals surface area contributed by atoms with E-state index in [2.05, 4.69) is 14.9 Å². The highest BCUT2D eigenvalue weighted by Crippen LogP contribution is 2.33. The fraction of sp³-hybridized carbons (Fsp3) is 0.316. The zero-order chi connectivity index (χ0) is 18.9. The van der Waals surface area contributed by atoms with Crippen molar-refractivity contribution in [2.24, 2.45) is 0 Å². The molecule has 1 saturated heterocycles. The van der Waals surface area contributed by atoms with E-state index < -0.39 is 10.0 Å². The second-order valence-electron chi connectivity index (χ2n) is 6.67. The van der Waals surface area contributed by atoms with E-state index in [1.165, 1.54) is 18.6 Å². The summed E-state index contributed by atoms with van der Waals surface area (Å²) in [7, 11) is -3.81. The van der Waals surface area contributed by atoms with Crippen LogP contribution in [-0.2, 0) is 14.8 Å². The number of hydrogen-bond acceptors (Lipinski definition) is 5. The standard InChI is InChI=1S/C19H21N3O4S/c23-19-13-26-18-9-8-14(12-16(18)20-19)27(24,25)21-15-6-2-3-7-17(15)22-10-4-1-5-11-22/h2-3,6-9,12,21H,1,4-5,10-11,13H2,(H,20,23). The first kappa shape index (κ1) is 17.7. The van der Waals surface area contributed by atoms with Crippen molar-refractivity contribution in [3.63, 3.8) is 0 Å². The number of benzene rings is 2. The summed E-state index contributed by atoms with van der Waals surface area (Å²) in [4.78, 5) is 13.8. The molecular formula is C19H21N3O4S. The van der Waals surface area contributed by atoms with Crippen LogP contribution in [0, 0.1) is 0 Å². The number of nitrogens with zero attached hydrogens (tertiary/aromatic N) is 1. The lowest BCUT2D eigenvalue weighted by Gasteiger charge is -2.30. The molecule has 2 N–H and O–H groups in total. The van der Waals surface area contributed by atoms with E-state index in [1.54, 1.807) is 12.1 Å². The van der Waals surface area contributed by atoms with E-state index in [1.807, 2.05) is 18.2 Å². The lowest BCUT2D eigenvalue weighted by Crippen LogP contribution is -2.30. The number of piperidine rings is 1. The third kappa shape index (κ3) is 3.71. The van der Waals surface area contributed by atoms with Crippen molar-refractivity contribution in [1.29, 1.82) is 0 Å². The van der Waals surface area contributed by atoms with Gasteiger partial charge in [-0.3, -0.25) is 9.52 Å². The molecule has 0 bridgehead atoms. The number of fused-ring (bicyclic) bond motifs is 1. The molecule has 1 amide bonds. The van der Waals surface area contributed by atoms with Gasteiger partial charge in [-0.25, -0.2) is 8.42 Å². The molecule has 4 rings (SSSR count). The lowest BCUT2D eigenvalue weighted by atomic mass is 10.1. The van der Waals surface area contributed by atoms with Crippen LogP contribution in [0.2, 0.25) is 0 Å². The molecule has 0 radical (unpaired) electrons. The number of nitrogens with one attached hydrogen (secondary N) is 2. The zero-order valence-corrected chi connectivity index (χ0v) is 15.6. The van der Waals surface area contributed by atoms with Crippen LogP contribution in [0.15, 0.2) is 47.4 Å². The number of sulfonamides is 1. The highest BCUT2D eigenvalue weighted by molar-refractivity contribution is 7.92. The van der Waals surface area contributed by atoms with Gasteiger partial charge in [0.25, 0.3) is 15.9 Å². The number of para-hydroxylation sites is 2. The fourth-order valence-electron chi connectivity index (χ4n) is 3.40. The maximum Gasteiger partial charge on any atom is 0.262 e. The quantitative estimate of drug-likeness (QED) is 0.842. The van der Waals surface area contributed by atoms with Crippen LogP contribution < -0.4 is 19.7 Å². The Hall–Kier alpha value is -2.74. The minimum Gasteiger partial charge on any atom is -0.482 e. The molecule has 0 spiro atoms. The van der Waals surface area contributed by atoms with Crippen molar-refractivity contribution < 1.29 is 17.9 Å². The van der Waals surface area contributed by atoms with E-state index in [0.717, 1.165) is 31.6 Å². The van der Waals surface area contributed by atoms with Crippen LogP contribution in [0.3, 0.4) is 0 Å². The van der Waals surface area contributed by atoms with Gasteiger partial charge in [0.15, 0.2) is 6.61 Å². The summed E-state index contributed by atoms with van der Waals surface area (Å²) in [5, 5.41) is 2.63. The molecule has 2 aliphatic rings. The number of rotatable bonds is 4. The van der Waals surface area contributed by atoms with Crippen molar-refractivity contribution in [1.82, 2.24) is 0 Å². The Balaban J connectivity index is 1.63. The van der Waals surface area contributed by atoms with Crippen molar-refractivity contribution >= 4 is 33.0 Å². The molecule has 142 valence electrons. The Morgan fingerprint density at radius 3 is 2.63 bits per heavy atom. The molecule has 2 aromatic rings. The van der Waals surface area contributed by atoms with E-state index in [-0.39, 0.29) is 17.4 Å². The summed E-state index contributed by atoms with van der Waals surface area (Å²) in [5.41, 5.74) is 1.80. The second-order valence-corrected chi connectivity index (χ2v) is 8.35. The van der Waals surface area contributed by atoms with Crippen LogP contribution in [0.4, 0.5) is 17.1 Å².